The first-order valence-corrected chi connectivity index (χ1v) is 8.93. The van der Waals surface area contributed by atoms with Crippen LogP contribution in [0.25, 0.3) is 11.0 Å². The zero-order valence-corrected chi connectivity index (χ0v) is 15.2. The van der Waals surface area contributed by atoms with Crippen molar-refractivity contribution in [1.29, 1.82) is 0 Å². The minimum Gasteiger partial charge on any atom is -0.504 e. The van der Waals surface area contributed by atoms with Crippen molar-refractivity contribution in [3.63, 3.8) is 0 Å². The van der Waals surface area contributed by atoms with Gasteiger partial charge in [-0.2, -0.15) is 0 Å². The Kier molecular flexibility index (Phi) is 3.03. The lowest BCUT2D eigenvalue weighted by Gasteiger charge is -2.46. The van der Waals surface area contributed by atoms with E-state index in [1.807, 2.05) is 36.4 Å². The summed E-state index contributed by atoms with van der Waals surface area (Å²) >= 11 is 0. The number of phenolic OH excluding ortho intramolecular Hbond substituents is 1. The zero-order valence-electron chi connectivity index (χ0n) is 15.2. The Bertz CT molecular complexity index is 1040. The van der Waals surface area contributed by atoms with E-state index in [1.165, 1.54) is 5.56 Å². The Balaban J connectivity index is 1.71. The second-order valence-corrected chi connectivity index (χ2v) is 7.78. The van der Waals surface area contributed by atoms with E-state index < -0.39 is 0 Å². The largest absolute Gasteiger partial charge is 0.504 e. The van der Waals surface area contributed by atoms with Gasteiger partial charge in [-0.25, -0.2) is 9.97 Å². The van der Waals surface area contributed by atoms with Crippen LogP contribution in [0.2, 0.25) is 0 Å². The molecule has 132 valence electrons. The summed E-state index contributed by atoms with van der Waals surface area (Å²) in [6.07, 6.45) is 1.67. The van der Waals surface area contributed by atoms with E-state index >= 15 is 0 Å². The molecular weight excluding hydrogens is 326 g/mol. The maximum Gasteiger partial charge on any atom is 0.160 e. The van der Waals surface area contributed by atoms with E-state index in [4.69, 9.17) is 14.7 Å². The smallest absolute Gasteiger partial charge is 0.160 e. The number of hydrogen-bond donors (Lipinski definition) is 1. The number of aromatic hydroxyl groups is 1. The second-order valence-electron chi connectivity index (χ2n) is 7.78. The molecule has 0 bridgehead atoms. The van der Waals surface area contributed by atoms with Crippen LogP contribution in [0, 0.1) is 0 Å². The second kappa shape index (κ2) is 5.10. The Hall–Kier alpha value is -2.82. The summed E-state index contributed by atoms with van der Waals surface area (Å²) < 4.78 is 5.32. The van der Waals surface area contributed by atoms with Gasteiger partial charge >= 0.3 is 0 Å². The maximum atomic E-state index is 10.3. The van der Waals surface area contributed by atoms with Gasteiger partial charge in [-0.15, -0.1) is 0 Å². The van der Waals surface area contributed by atoms with Crippen molar-refractivity contribution >= 4 is 16.9 Å². The molecule has 5 heteroatoms. The summed E-state index contributed by atoms with van der Waals surface area (Å²) in [4.78, 5) is 12.2. The van der Waals surface area contributed by atoms with Gasteiger partial charge in [0.1, 0.15) is 0 Å². The van der Waals surface area contributed by atoms with Crippen molar-refractivity contribution in [1.82, 2.24) is 9.97 Å². The predicted octanol–water partition coefficient (Wildman–Crippen LogP) is 3.78. The Morgan fingerprint density at radius 3 is 2.62 bits per heavy atom. The van der Waals surface area contributed by atoms with E-state index in [1.54, 1.807) is 7.11 Å². The fourth-order valence-corrected chi connectivity index (χ4v) is 4.54. The number of methoxy groups -OCH3 is 1. The summed E-state index contributed by atoms with van der Waals surface area (Å²) in [5, 5.41) is 10.3. The Morgan fingerprint density at radius 2 is 1.88 bits per heavy atom. The molecule has 2 aliphatic heterocycles. The number of anilines is 1. The highest BCUT2D eigenvalue weighted by molar-refractivity contribution is 5.78. The third kappa shape index (κ3) is 2.03. The molecule has 1 aromatic heterocycles. The summed E-state index contributed by atoms with van der Waals surface area (Å²) in [5.41, 5.74) is 5.16. The standard InChI is InChI=1S/C21H21N3O2/c1-21(2)11-12-8-19(26-3)18(25)9-13(12)17-10-16-20(24(17)21)23-15-7-5-4-6-14(15)22-16/h4-9,17,25H,10-11H2,1-3H3. The van der Waals surface area contributed by atoms with Crippen LogP contribution < -0.4 is 9.64 Å². The number of fused-ring (bicyclic) bond motifs is 6. The van der Waals surface area contributed by atoms with Gasteiger partial charge in [0, 0.05) is 12.0 Å². The molecule has 3 heterocycles. The molecular formula is C21H21N3O2. The van der Waals surface area contributed by atoms with E-state index in [0.717, 1.165) is 41.0 Å². The molecule has 1 atom stereocenters. The molecule has 0 saturated carbocycles. The van der Waals surface area contributed by atoms with Crippen LogP contribution in [0.15, 0.2) is 36.4 Å². The first kappa shape index (κ1) is 15.4. The maximum absolute atomic E-state index is 10.3. The molecule has 0 amide bonds. The topological polar surface area (TPSA) is 58.5 Å². The minimum atomic E-state index is -0.0952. The molecule has 1 unspecified atom stereocenters. The van der Waals surface area contributed by atoms with Crippen molar-refractivity contribution in [2.24, 2.45) is 0 Å². The van der Waals surface area contributed by atoms with Gasteiger partial charge in [0.05, 0.1) is 29.9 Å². The van der Waals surface area contributed by atoms with Crippen LogP contribution in [0.3, 0.4) is 0 Å². The van der Waals surface area contributed by atoms with E-state index in [2.05, 4.69) is 18.7 Å². The fraction of sp³-hybridized carbons (Fsp3) is 0.333. The quantitative estimate of drug-likeness (QED) is 0.726. The van der Waals surface area contributed by atoms with E-state index in [0.29, 0.717) is 5.75 Å². The van der Waals surface area contributed by atoms with Crippen LogP contribution in [0.4, 0.5) is 5.82 Å². The molecule has 0 radical (unpaired) electrons. The fourth-order valence-electron chi connectivity index (χ4n) is 4.54. The van der Waals surface area contributed by atoms with Crippen molar-refractivity contribution in [3.05, 3.63) is 53.2 Å². The molecule has 0 spiro atoms. The monoisotopic (exact) mass is 347 g/mol. The van der Waals surface area contributed by atoms with Gasteiger partial charge in [-0.05, 0) is 55.7 Å². The van der Waals surface area contributed by atoms with Crippen molar-refractivity contribution < 1.29 is 9.84 Å². The molecule has 3 aromatic rings. The molecule has 0 fully saturated rings. The number of hydrogen-bond acceptors (Lipinski definition) is 5. The van der Waals surface area contributed by atoms with Crippen LogP contribution >= 0.6 is 0 Å². The van der Waals surface area contributed by atoms with Crippen LogP contribution in [-0.4, -0.2) is 27.7 Å². The van der Waals surface area contributed by atoms with Gasteiger partial charge < -0.3 is 14.7 Å². The van der Waals surface area contributed by atoms with Gasteiger partial charge in [0.15, 0.2) is 17.3 Å². The third-order valence-corrected chi connectivity index (χ3v) is 5.62. The minimum absolute atomic E-state index is 0.0952. The summed E-state index contributed by atoms with van der Waals surface area (Å²) in [6, 6.07) is 12.0. The molecule has 1 N–H and O–H groups in total. The first-order valence-electron chi connectivity index (χ1n) is 8.93. The highest BCUT2D eigenvalue weighted by Gasteiger charge is 2.46. The normalized spacial score (nSPS) is 19.8. The highest BCUT2D eigenvalue weighted by Crippen LogP contribution is 2.50. The van der Waals surface area contributed by atoms with Gasteiger partial charge in [0.25, 0.3) is 0 Å². The number of ether oxygens (including phenoxy) is 1. The lowest BCUT2D eigenvalue weighted by atomic mass is 9.81. The number of para-hydroxylation sites is 2. The van der Waals surface area contributed by atoms with Gasteiger partial charge in [-0.1, -0.05) is 12.1 Å². The number of phenols is 1. The predicted molar refractivity (Wildman–Crippen MR) is 101 cm³/mol. The highest BCUT2D eigenvalue weighted by atomic mass is 16.5. The van der Waals surface area contributed by atoms with Gasteiger partial charge in [-0.3, -0.25) is 0 Å². The van der Waals surface area contributed by atoms with Gasteiger partial charge in [0.2, 0.25) is 0 Å². The number of benzene rings is 2. The molecule has 26 heavy (non-hydrogen) atoms. The number of nitrogens with zero attached hydrogens (tertiary/aromatic N) is 3. The van der Waals surface area contributed by atoms with Crippen LogP contribution in [0.1, 0.15) is 36.7 Å². The van der Waals surface area contributed by atoms with Crippen molar-refractivity contribution in [2.45, 2.75) is 38.3 Å². The lowest BCUT2D eigenvalue weighted by molar-refractivity contribution is 0.362. The lowest BCUT2D eigenvalue weighted by Crippen LogP contribution is -2.50. The SMILES string of the molecule is COc1cc2c(cc1O)C1Cc3nc4ccccc4nc3N1C(C)(C)C2. The molecule has 0 aliphatic carbocycles. The molecule has 0 saturated heterocycles. The zero-order chi connectivity index (χ0) is 18.1. The van der Waals surface area contributed by atoms with E-state index in [-0.39, 0.29) is 17.3 Å². The third-order valence-electron chi connectivity index (χ3n) is 5.62. The average molecular weight is 347 g/mol. The summed E-state index contributed by atoms with van der Waals surface area (Å²) in [5.74, 6) is 1.69. The van der Waals surface area contributed by atoms with Crippen LogP contribution in [0.5, 0.6) is 11.5 Å². The van der Waals surface area contributed by atoms with Crippen LogP contribution in [-0.2, 0) is 12.8 Å². The van der Waals surface area contributed by atoms with Crippen molar-refractivity contribution in [2.75, 3.05) is 12.0 Å². The molecule has 5 rings (SSSR count). The first-order chi connectivity index (χ1) is 12.5. The number of aromatic nitrogens is 2. The van der Waals surface area contributed by atoms with E-state index in [9.17, 15) is 5.11 Å². The average Bonchev–Trinajstić information content (AvgIpc) is 2.99. The van der Waals surface area contributed by atoms with Crippen molar-refractivity contribution in [3.8, 4) is 11.5 Å². The summed E-state index contributed by atoms with van der Waals surface area (Å²) in [6.45, 7) is 4.49. The number of rotatable bonds is 1. The Morgan fingerprint density at radius 1 is 1.15 bits per heavy atom. The molecule has 5 nitrogen and oxygen atoms in total. The summed E-state index contributed by atoms with van der Waals surface area (Å²) in [7, 11) is 1.59. The molecule has 2 aliphatic rings. The molecule has 2 aromatic carbocycles. The Labute approximate surface area is 152 Å².